The van der Waals surface area contributed by atoms with E-state index in [0.717, 1.165) is 4.31 Å². The summed E-state index contributed by atoms with van der Waals surface area (Å²) in [5, 5.41) is 10.3. The quantitative estimate of drug-likeness (QED) is 0.230. The number of aromatic nitrogens is 4. The van der Waals surface area contributed by atoms with Crippen molar-refractivity contribution in [2.45, 2.75) is 74.1 Å². The van der Waals surface area contributed by atoms with Gasteiger partial charge in [0.2, 0.25) is 15.9 Å². The second-order valence-corrected chi connectivity index (χ2v) is 17.0. The first-order valence-electron chi connectivity index (χ1n) is 15.3. The summed E-state index contributed by atoms with van der Waals surface area (Å²) in [5.74, 6) is -3.73. The van der Waals surface area contributed by atoms with Crippen LogP contribution in [0.5, 0.6) is 0 Å². The third kappa shape index (κ3) is 6.01. The molecule has 0 saturated carbocycles. The van der Waals surface area contributed by atoms with Crippen LogP contribution in [0.2, 0.25) is 0 Å². The van der Waals surface area contributed by atoms with E-state index < -0.39 is 67.0 Å². The minimum absolute atomic E-state index is 0.173. The number of carbonyl (C=O) groups is 3. The third-order valence-corrected chi connectivity index (χ3v) is 12.9. The molecule has 3 aromatic heterocycles. The highest BCUT2D eigenvalue weighted by Crippen LogP contribution is 2.66. The van der Waals surface area contributed by atoms with Gasteiger partial charge in [0.15, 0.2) is 5.65 Å². The number of carboxylic acid groups (broad SMARTS) is 1. The summed E-state index contributed by atoms with van der Waals surface area (Å²) >= 11 is 1.20. The highest BCUT2D eigenvalue weighted by molar-refractivity contribution is 8.03. The summed E-state index contributed by atoms with van der Waals surface area (Å²) in [6.45, 7) is 8.50. The van der Waals surface area contributed by atoms with Crippen molar-refractivity contribution in [3.05, 3.63) is 83.2 Å². The standard InChI is InChI=1S/C33H38N6O8S2/c1-31(2,3)33(39(27(28(34)43)32(4,5)48-33)49(45,46)22-9-7-15-35-18-22)23(17-25(40)41)20-11-13-21(14-12-20)38-29-24(10-8-16-36-29)37(30(38)44)19-26(42)47-6/h7-16,18,23,27H,17,19H2,1-6H3,(H2,34,43)(H,40,41)/t23?,27-,33+/m1/s1. The average Bonchev–Trinajstić information content (AvgIpc) is 3.48. The Morgan fingerprint density at radius 1 is 1.08 bits per heavy atom. The fourth-order valence-electron chi connectivity index (χ4n) is 6.77. The summed E-state index contributed by atoms with van der Waals surface area (Å²) in [4.78, 5) is 58.2. The fraction of sp³-hybridized carbons (Fsp3) is 0.394. The van der Waals surface area contributed by atoms with Crippen LogP contribution in [0.25, 0.3) is 16.9 Å². The van der Waals surface area contributed by atoms with E-state index in [0.29, 0.717) is 16.8 Å². The first-order chi connectivity index (χ1) is 22.9. The van der Waals surface area contributed by atoms with Gasteiger partial charge in [-0.1, -0.05) is 32.9 Å². The topological polar surface area (TPSA) is 197 Å². The zero-order valence-electron chi connectivity index (χ0n) is 27.9. The number of hydrogen-bond acceptors (Lipinski definition) is 10. The summed E-state index contributed by atoms with van der Waals surface area (Å²) in [7, 11) is -3.29. The van der Waals surface area contributed by atoms with Gasteiger partial charge in [-0.3, -0.25) is 23.9 Å². The molecule has 1 aliphatic rings. The van der Waals surface area contributed by atoms with Crippen LogP contribution < -0.4 is 11.4 Å². The van der Waals surface area contributed by atoms with Gasteiger partial charge in [0.1, 0.15) is 17.5 Å². The molecule has 1 aromatic carbocycles. The Kier molecular flexibility index (Phi) is 9.29. The Morgan fingerprint density at radius 2 is 1.73 bits per heavy atom. The number of aliphatic carboxylic acids is 1. The molecule has 4 aromatic rings. The molecule has 5 rings (SSSR count). The van der Waals surface area contributed by atoms with E-state index in [1.807, 2.05) is 0 Å². The SMILES string of the molecule is COC(=O)Cn1c(=O)n(-c2ccc(C(CC(=O)O)[C@@]3(C(C)(C)C)SC(C)(C)[C@@H](C(N)=O)N3S(=O)(=O)c3cccnc3)cc2)c2ncccc21. The summed E-state index contributed by atoms with van der Waals surface area (Å²) in [6, 6.07) is 11.2. The van der Waals surface area contributed by atoms with Crippen molar-refractivity contribution in [3.8, 4) is 5.69 Å². The van der Waals surface area contributed by atoms with Gasteiger partial charge in [-0.25, -0.2) is 22.8 Å². The maximum absolute atomic E-state index is 14.7. The number of sulfonamides is 1. The minimum atomic E-state index is -4.51. The second kappa shape index (κ2) is 12.7. The number of rotatable bonds is 10. The number of pyridine rings is 2. The Labute approximate surface area is 287 Å². The van der Waals surface area contributed by atoms with Gasteiger partial charge in [-0.2, -0.15) is 4.31 Å². The zero-order chi connectivity index (χ0) is 36.1. The normalized spacial score (nSPS) is 20.2. The number of methoxy groups -OCH3 is 1. The molecule has 1 amide bonds. The molecule has 0 radical (unpaired) electrons. The molecule has 1 saturated heterocycles. The van der Waals surface area contributed by atoms with Crippen LogP contribution >= 0.6 is 11.8 Å². The molecule has 4 heterocycles. The van der Waals surface area contributed by atoms with E-state index in [4.69, 9.17) is 10.5 Å². The van der Waals surface area contributed by atoms with E-state index in [1.54, 1.807) is 71.0 Å². The first kappa shape index (κ1) is 35.8. The molecule has 0 aliphatic carbocycles. The van der Waals surface area contributed by atoms with E-state index >= 15 is 0 Å². The van der Waals surface area contributed by atoms with Gasteiger partial charge in [0.25, 0.3) is 0 Å². The maximum Gasteiger partial charge on any atom is 0.335 e. The van der Waals surface area contributed by atoms with Crippen LogP contribution in [0, 0.1) is 5.41 Å². The number of amides is 1. The van der Waals surface area contributed by atoms with Crippen molar-refractivity contribution in [1.29, 1.82) is 0 Å². The summed E-state index contributed by atoms with van der Waals surface area (Å²) in [5.41, 5.74) is 5.92. The van der Waals surface area contributed by atoms with Crippen molar-refractivity contribution in [3.63, 3.8) is 0 Å². The third-order valence-electron chi connectivity index (χ3n) is 8.78. The highest BCUT2D eigenvalue weighted by Gasteiger charge is 2.69. The van der Waals surface area contributed by atoms with Gasteiger partial charge in [-0.05, 0) is 61.2 Å². The Hall–Kier alpha value is -4.54. The number of primary amides is 1. The molecule has 0 bridgehead atoms. The van der Waals surface area contributed by atoms with Crippen molar-refractivity contribution in [2.24, 2.45) is 11.1 Å². The molecule has 3 atom stereocenters. The maximum atomic E-state index is 14.7. The van der Waals surface area contributed by atoms with E-state index in [2.05, 4.69) is 9.97 Å². The molecule has 16 heteroatoms. The lowest BCUT2D eigenvalue weighted by molar-refractivity contribution is -0.141. The molecule has 1 fully saturated rings. The van der Waals surface area contributed by atoms with Crippen molar-refractivity contribution in [2.75, 3.05) is 7.11 Å². The van der Waals surface area contributed by atoms with E-state index in [9.17, 15) is 32.7 Å². The molecule has 260 valence electrons. The lowest BCUT2D eigenvalue weighted by Crippen LogP contribution is -2.62. The average molecular weight is 711 g/mol. The Balaban J connectivity index is 1.75. The number of ether oxygens (including phenoxy) is 1. The predicted octanol–water partition coefficient (Wildman–Crippen LogP) is 3.13. The van der Waals surface area contributed by atoms with Crippen LogP contribution in [-0.4, -0.2) is 77.5 Å². The van der Waals surface area contributed by atoms with Gasteiger partial charge in [0.05, 0.1) is 29.6 Å². The van der Waals surface area contributed by atoms with Crippen LogP contribution in [0.15, 0.2) is 76.8 Å². The number of nitrogens with zero attached hydrogens (tertiary/aromatic N) is 5. The molecular weight excluding hydrogens is 673 g/mol. The van der Waals surface area contributed by atoms with Crippen molar-refractivity contribution >= 4 is 50.8 Å². The number of carbonyl (C=O) groups excluding carboxylic acids is 2. The molecule has 1 unspecified atom stereocenters. The Bertz CT molecular complexity index is 2090. The molecule has 3 N–H and O–H groups in total. The van der Waals surface area contributed by atoms with Gasteiger partial charge < -0.3 is 15.6 Å². The number of esters is 1. The number of thioether (sulfide) groups is 1. The van der Waals surface area contributed by atoms with Gasteiger partial charge in [0, 0.05) is 29.3 Å². The van der Waals surface area contributed by atoms with E-state index in [-0.39, 0.29) is 17.1 Å². The smallest absolute Gasteiger partial charge is 0.335 e. The minimum Gasteiger partial charge on any atom is -0.481 e. The fourth-order valence-corrected chi connectivity index (χ4v) is 11.3. The largest absolute Gasteiger partial charge is 0.481 e. The predicted molar refractivity (Wildman–Crippen MR) is 182 cm³/mol. The number of benzene rings is 1. The highest BCUT2D eigenvalue weighted by atomic mass is 32.2. The number of hydrogen-bond donors (Lipinski definition) is 2. The number of fused-ring (bicyclic) bond motifs is 1. The van der Waals surface area contributed by atoms with Crippen LogP contribution in [0.3, 0.4) is 0 Å². The van der Waals surface area contributed by atoms with Crippen LogP contribution in [0.1, 0.15) is 52.5 Å². The summed E-state index contributed by atoms with van der Waals surface area (Å²) < 4.78 is 36.7. The number of carboxylic acids is 1. The van der Waals surface area contributed by atoms with Crippen molar-refractivity contribution < 1.29 is 32.6 Å². The Morgan fingerprint density at radius 3 is 2.29 bits per heavy atom. The molecule has 0 spiro atoms. The van der Waals surface area contributed by atoms with Crippen LogP contribution in [0.4, 0.5) is 0 Å². The van der Waals surface area contributed by atoms with Crippen LogP contribution in [-0.2, 0) is 35.7 Å². The van der Waals surface area contributed by atoms with Crippen molar-refractivity contribution in [1.82, 2.24) is 23.4 Å². The van der Waals surface area contributed by atoms with Gasteiger partial charge >= 0.3 is 17.6 Å². The molecule has 1 aliphatic heterocycles. The monoisotopic (exact) mass is 710 g/mol. The lowest BCUT2D eigenvalue weighted by atomic mass is 9.73. The second-order valence-electron chi connectivity index (χ2n) is 13.3. The first-order valence-corrected chi connectivity index (χ1v) is 17.5. The molecular formula is C33H38N6O8S2. The lowest BCUT2D eigenvalue weighted by Gasteiger charge is -2.51. The molecule has 14 nitrogen and oxygen atoms in total. The number of imidazole rings is 1. The number of nitrogens with two attached hydrogens (primary N) is 1. The zero-order valence-corrected chi connectivity index (χ0v) is 29.5. The van der Waals surface area contributed by atoms with Gasteiger partial charge in [-0.15, -0.1) is 11.8 Å². The summed E-state index contributed by atoms with van der Waals surface area (Å²) in [6.07, 6.45) is 3.60. The van der Waals surface area contributed by atoms with E-state index in [1.165, 1.54) is 58.7 Å². The molecule has 49 heavy (non-hydrogen) atoms.